The van der Waals surface area contributed by atoms with E-state index in [2.05, 4.69) is 55.0 Å². The van der Waals surface area contributed by atoms with Crippen molar-refractivity contribution in [3.05, 3.63) is 112 Å². The van der Waals surface area contributed by atoms with E-state index in [1.165, 1.54) is 31.7 Å². The molecule has 6 nitrogen and oxygen atoms in total. The van der Waals surface area contributed by atoms with Gasteiger partial charge in [0.2, 0.25) is 0 Å². The van der Waals surface area contributed by atoms with E-state index in [4.69, 9.17) is 0 Å². The highest BCUT2D eigenvalue weighted by molar-refractivity contribution is 5.91. The van der Waals surface area contributed by atoms with Crippen molar-refractivity contribution >= 4 is 16.8 Å². The molecule has 4 rings (SSSR count). The summed E-state index contributed by atoms with van der Waals surface area (Å²) in [7, 11) is 2.19. The van der Waals surface area contributed by atoms with Gasteiger partial charge >= 0.3 is 0 Å². The third-order valence-corrected chi connectivity index (χ3v) is 6.99. The lowest BCUT2D eigenvalue weighted by molar-refractivity contribution is -0.384. The van der Waals surface area contributed by atoms with Crippen molar-refractivity contribution in [3.8, 4) is 0 Å². The highest BCUT2D eigenvalue weighted by Gasteiger charge is 2.16. The molecule has 6 heteroatoms. The van der Waals surface area contributed by atoms with Crippen LogP contribution in [0.1, 0.15) is 43.4 Å². The van der Waals surface area contributed by atoms with Crippen LogP contribution in [0, 0.1) is 10.1 Å². The number of likely N-dealkylation sites (N-methyl/N-ethyl adjacent to an activating group) is 1. The van der Waals surface area contributed by atoms with Gasteiger partial charge in [-0.05, 0) is 80.1 Å². The van der Waals surface area contributed by atoms with Gasteiger partial charge in [0, 0.05) is 51.0 Å². The fraction of sp³-hybridized carbons (Fsp3) is 0.375. The summed E-state index contributed by atoms with van der Waals surface area (Å²) in [6.07, 6.45) is 2.11. The zero-order valence-electron chi connectivity index (χ0n) is 22.9. The molecule has 0 unspecified atom stereocenters. The van der Waals surface area contributed by atoms with Crippen LogP contribution in [0.15, 0.2) is 84.9 Å². The van der Waals surface area contributed by atoms with Gasteiger partial charge in [-0.3, -0.25) is 15.0 Å². The van der Waals surface area contributed by atoms with Crippen molar-refractivity contribution in [1.29, 1.82) is 0 Å². The quantitative estimate of drug-likeness (QED) is 0.210. The lowest BCUT2D eigenvalue weighted by atomic mass is 9.88. The van der Waals surface area contributed by atoms with Crippen molar-refractivity contribution in [1.82, 2.24) is 9.80 Å². The molecule has 1 saturated heterocycles. The molecule has 38 heavy (non-hydrogen) atoms. The number of non-ortho nitro benzene ring substituents is 1. The second kappa shape index (κ2) is 15.2. The molecule has 0 atom stereocenters. The van der Waals surface area contributed by atoms with Gasteiger partial charge in [0.15, 0.2) is 0 Å². The lowest BCUT2D eigenvalue weighted by Gasteiger charge is -2.34. The molecule has 3 aromatic rings. The van der Waals surface area contributed by atoms with Crippen LogP contribution < -0.4 is 0 Å². The number of aliphatic hydroxyl groups is 1. The fourth-order valence-corrected chi connectivity index (χ4v) is 4.67. The molecule has 0 aromatic heterocycles. The number of hydrogen-bond donors (Lipinski definition) is 1. The molecule has 0 spiro atoms. The van der Waals surface area contributed by atoms with Crippen LogP contribution in [0.4, 0.5) is 5.69 Å². The monoisotopic (exact) mass is 515 g/mol. The van der Waals surface area contributed by atoms with Gasteiger partial charge in [-0.2, -0.15) is 0 Å². The number of allylic oxidation sites excluding steroid dienone is 2. The molecule has 0 radical (unpaired) electrons. The molecule has 1 aliphatic rings. The maximum absolute atomic E-state index is 11.0. The summed E-state index contributed by atoms with van der Waals surface area (Å²) >= 11 is 0. The number of nitro groups is 1. The summed E-state index contributed by atoms with van der Waals surface area (Å²) in [6, 6.07) is 27.8. The molecule has 0 saturated carbocycles. The fourth-order valence-electron chi connectivity index (χ4n) is 4.67. The largest absolute Gasteiger partial charge is 0.396 e. The predicted molar refractivity (Wildman–Crippen MR) is 157 cm³/mol. The minimum Gasteiger partial charge on any atom is -0.396 e. The van der Waals surface area contributed by atoms with Crippen LogP contribution in [0.2, 0.25) is 0 Å². The maximum atomic E-state index is 11.0. The normalized spacial score (nSPS) is 15.0. The van der Waals surface area contributed by atoms with E-state index in [-0.39, 0.29) is 17.2 Å². The number of piperazine rings is 1. The Morgan fingerprint density at radius 3 is 1.92 bits per heavy atom. The number of nitrogens with zero attached hydrogens (tertiary/aromatic N) is 3. The number of hydrogen-bond acceptors (Lipinski definition) is 5. The molecular weight excluding hydrogens is 474 g/mol. The molecule has 0 bridgehead atoms. The first-order valence-electron chi connectivity index (χ1n) is 13.5. The average molecular weight is 516 g/mol. The van der Waals surface area contributed by atoms with Crippen molar-refractivity contribution in [2.45, 2.75) is 39.2 Å². The number of aliphatic hydroxyl groups excluding tert-OH is 1. The molecule has 202 valence electrons. The topological polar surface area (TPSA) is 69.9 Å². The highest BCUT2D eigenvalue weighted by atomic mass is 16.6. The third-order valence-electron chi connectivity index (χ3n) is 6.99. The molecular formula is C32H41N3O3. The van der Waals surface area contributed by atoms with Gasteiger partial charge in [-0.15, -0.1) is 0 Å². The van der Waals surface area contributed by atoms with Crippen LogP contribution >= 0.6 is 0 Å². The summed E-state index contributed by atoms with van der Waals surface area (Å²) in [5.41, 5.74) is 5.62. The van der Waals surface area contributed by atoms with Gasteiger partial charge in [0.05, 0.1) is 4.92 Å². The molecule has 1 heterocycles. The Hall–Kier alpha value is -3.32. The first-order valence-corrected chi connectivity index (χ1v) is 13.5. The van der Waals surface area contributed by atoms with Gasteiger partial charge < -0.3 is 10.0 Å². The predicted octanol–water partition coefficient (Wildman–Crippen LogP) is 6.16. The van der Waals surface area contributed by atoms with E-state index >= 15 is 0 Å². The van der Waals surface area contributed by atoms with Gasteiger partial charge in [0.25, 0.3) is 5.69 Å². The van der Waals surface area contributed by atoms with Gasteiger partial charge in [-0.1, -0.05) is 60.7 Å². The van der Waals surface area contributed by atoms with Gasteiger partial charge in [-0.25, -0.2) is 0 Å². The van der Waals surface area contributed by atoms with Crippen LogP contribution in [0.5, 0.6) is 0 Å². The first-order chi connectivity index (χ1) is 18.4. The summed E-state index contributed by atoms with van der Waals surface area (Å²) in [5, 5.41) is 20.4. The minimum absolute atomic E-state index is 0.0828. The summed E-state index contributed by atoms with van der Waals surface area (Å²) < 4.78 is 0. The Morgan fingerprint density at radius 2 is 1.39 bits per heavy atom. The van der Waals surface area contributed by atoms with Crippen LogP contribution in [0.25, 0.3) is 11.1 Å². The number of benzene rings is 3. The maximum Gasteiger partial charge on any atom is 0.269 e. The Bertz CT molecular complexity index is 1140. The Balaban J connectivity index is 0.000000336. The minimum atomic E-state index is -0.381. The molecule has 3 aromatic carbocycles. The van der Waals surface area contributed by atoms with E-state index in [9.17, 15) is 15.2 Å². The van der Waals surface area contributed by atoms with Crippen molar-refractivity contribution in [2.75, 3.05) is 39.8 Å². The number of rotatable bonds is 9. The van der Waals surface area contributed by atoms with Crippen molar-refractivity contribution in [2.24, 2.45) is 0 Å². The van der Waals surface area contributed by atoms with Gasteiger partial charge in [0.1, 0.15) is 0 Å². The first kappa shape index (κ1) is 29.2. The summed E-state index contributed by atoms with van der Waals surface area (Å²) in [6.45, 7) is 9.62. The zero-order chi connectivity index (χ0) is 27.3. The van der Waals surface area contributed by atoms with E-state index < -0.39 is 0 Å². The second-order valence-electron chi connectivity index (χ2n) is 10.0. The van der Waals surface area contributed by atoms with Crippen LogP contribution in [-0.4, -0.2) is 65.7 Å². The van der Waals surface area contributed by atoms with E-state index in [0.29, 0.717) is 12.8 Å². The van der Waals surface area contributed by atoms with Crippen molar-refractivity contribution in [3.63, 3.8) is 0 Å². The molecule has 0 amide bonds. The van der Waals surface area contributed by atoms with E-state index in [1.807, 2.05) is 48.5 Å². The van der Waals surface area contributed by atoms with Crippen LogP contribution in [-0.2, 0) is 6.42 Å². The van der Waals surface area contributed by atoms with E-state index in [0.717, 1.165) is 34.7 Å². The molecule has 0 aliphatic carbocycles. The van der Waals surface area contributed by atoms with Crippen molar-refractivity contribution < 1.29 is 10.0 Å². The summed E-state index contributed by atoms with van der Waals surface area (Å²) in [5.74, 6) is 0. The zero-order valence-corrected chi connectivity index (χ0v) is 22.9. The third kappa shape index (κ3) is 8.91. The molecule has 1 N–H and O–H groups in total. The standard InChI is InChI=1S/C24H23NO3.C8H18N2/c26-17-7-12-23(20-10-5-2-6-11-20)24(18-19-8-3-1-4-9-19)21-13-15-22(16-14-21)25(27)28;1-8(2)10-6-4-9(3)5-7-10/h1-6,8-11,13-16,26H,7,12,17-18H2;8H,4-7H2,1-3H3/b24-23+;. The second-order valence-corrected chi connectivity index (χ2v) is 10.0. The summed E-state index contributed by atoms with van der Waals surface area (Å²) in [4.78, 5) is 15.6. The molecule has 1 aliphatic heterocycles. The SMILES string of the molecule is CC(C)N1CCN(C)CC1.O=[N+]([O-])c1ccc(/C(Cc2ccccc2)=C(\CCCO)c2ccccc2)cc1. The average Bonchev–Trinajstić information content (AvgIpc) is 2.94. The Kier molecular flexibility index (Phi) is 11.7. The Labute approximate surface area is 227 Å². The number of nitro benzene ring substituents is 1. The highest BCUT2D eigenvalue weighted by Crippen LogP contribution is 2.33. The Morgan fingerprint density at radius 1 is 0.842 bits per heavy atom. The van der Waals surface area contributed by atoms with E-state index in [1.54, 1.807) is 12.1 Å². The van der Waals surface area contributed by atoms with Crippen LogP contribution in [0.3, 0.4) is 0 Å². The smallest absolute Gasteiger partial charge is 0.269 e. The lowest BCUT2D eigenvalue weighted by Crippen LogP contribution is -2.47. The molecule has 1 fully saturated rings.